The van der Waals surface area contributed by atoms with Gasteiger partial charge in [-0.05, 0) is 31.0 Å². The zero-order valence-corrected chi connectivity index (χ0v) is 23.9. The molecule has 0 radical (unpaired) electrons. The largest absolute Gasteiger partial charge is 0.519 e. The van der Waals surface area contributed by atoms with E-state index in [0.717, 1.165) is 6.42 Å². The maximum absolute atomic E-state index is 12.8. The molecule has 0 aliphatic rings. The topological polar surface area (TPSA) is 46.5 Å². The lowest BCUT2D eigenvalue weighted by atomic mass is 10.1. The number of aliphatic hydroxyl groups is 1. The van der Waals surface area contributed by atoms with Crippen molar-refractivity contribution >= 4 is 14.3 Å². The van der Waals surface area contributed by atoms with E-state index in [0.29, 0.717) is 12.8 Å². The van der Waals surface area contributed by atoms with Gasteiger partial charge in [-0.15, -0.1) is 0 Å². The second-order valence-corrected chi connectivity index (χ2v) is 14.5. The van der Waals surface area contributed by atoms with Gasteiger partial charge >= 0.3 is 0 Å². The summed E-state index contributed by atoms with van der Waals surface area (Å²) in [7, 11) is -2.04. The number of hydrogen-bond acceptors (Lipinski definition) is 3. The van der Waals surface area contributed by atoms with Crippen molar-refractivity contribution in [1.82, 2.24) is 0 Å². The Morgan fingerprint density at radius 1 is 0.545 bits per heavy atom. The summed E-state index contributed by atoms with van der Waals surface area (Å²) < 4.78 is 6.49. The van der Waals surface area contributed by atoms with Gasteiger partial charge in [0.2, 0.25) is 0 Å². The van der Waals surface area contributed by atoms with Gasteiger partial charge in [-0.2, -0.15) is 0 Å². The molecule has 0 spiro atoms. The maximum atomic E-state index is 12.8. The Morgan fingerprint density at radius 2 is 0.909 bits per heavy atom. The molecule has 3 nitrogen and oxygen atoms in total. The van der Waals surface area contributed by atoms with Crippen LogP contribution < -0.4 is 0 Å². The summed E-state index contributed by atoms with van der Waals surface area (Å²) in [5.41, 5.74) is 0. The normalized spacial score (nSPS) is 11.8. The van der Waals surface area contributed by atoms with E-state index in [-0.39, 0.29) is 12.6 Å². The van der Waals surface area contributed by atoms with Gasteiger partial charge in [0.1, 0.15) is 0 Å². The molecular weight excluding hydrogens is 424 g/mol. The van der Waals surface area contributed by atoms with Gasteiger partial charge in [-0.25, -0.2) is 0 Å². The van der Waals surface area contributed by atoms with Crippen LogP contribution >= 0.6 is 0 Å². The van der Waals surface area contributed by atoms with Crippen LogP contribution in [0.4, 0.5) is 0 Å². The van der Waals surface area contributed by atoms with Gasteiger partial charge in [0.05, 0.1) is 0 Å². The summed E-state index contributed by atoms with van der Waals surface area (Å²) in [6.07, 6.45) is 25.5. The Balaban J connectivity index is 4.93. The summed E-state index contributed by atoms with van der Waals surface area (Å²) in [5.74, 6) is 0.0260. The molecule has 198 valence electrons. The van der Waals surface area contributed by atoms with Crippen LogP contribution in [0.5, 0.6) is 0 Å². The van der Waals surface area contributed by atoms with Crippen LogP contribution in [0, 0.1) is 0 Å². The average Bonchev–Trinajstić information content (AvgIpc) is 2.81. The number of rotatable bonds is 26. The summed E-state index contributed by atoms with van der Waals surface area (Å²) in [6, 6.07) is 3.53. The zero-order chi connectivity index (χ0) is 24.5. The van der Waals surface area contributed by atoms with Crippen molar-refractivity contribution in [2.24, 2.45) is 0 Å². The van der Waals surface area contributed by atoms with Crippen LogP contribution in [-0.4, -0.2) is 26.0 Å². The van der Waals surface area contributed by atoms with Crippen molar-refractivity contribution in [2.75, 3.05) is 6.61 Å². The Morgan fingerprint density at radius 3 is 1.27 bits per heavy atom. The highest BCUT2D eigenvalue weighted by Crippen LogP contribution is 2.32. The first-order valence-corrected chi connectivity index (χ1v) is 17.5. The van der Waals surface area contributed by atoms with E-state index in [2.05, 4.69) is 20.8 Å². The molecule has 0 aromatic carbocycles. The number of hydrogen-bond donors (Lipinski definition) is 1. The highest BCUT2D eigenvalue weighted by molar-refractivity contribution is 6.75. The summed E-state index contributed by atoms with van der Waals surface area (Å²) >= 11 is 0. The van der Waals surface area contributed by atoms with E-state index < -0.39 is 8.32 Å². The third-order valence-electron chi connectivity index (χ3n) is 7.08. The van der Waals surface area contributed by atoms with E-state index in [1.807, 2.05) is 0 Å². The van der Waals surface area contributed by atoms with Gasteiger partial charge in [-0.3, -0.25) is 4.79 Å². The molecule has 4 heteroatoms. The first-order valence-electron chi connectivity index (χ1n) is 15.0. The maximum Gasteiger partial charge on any atom is 0.292 e. The van der Waals surface area contributed by atoms with Crippen molar-refractivity contribution in [1.29, 1.82) is 0 Å². The summed E-state index contributed by atoms with van der Waals surface area (Å²) in [5, 5.41) is 9.08. The monoisotopic (exact) mass is 484 g/mol. The minimum absolute atomic E-state index is 0.0260. The first kappa shape index (κ1) is 32.6. The van der Waals surface area contributed by atoms with E-state index in [9.17, 15) is 4.79 Å². The molecule has 0 fully saturated rings. The summed E-state index contributed by atoms with van der Waals surface area (Å²) in [6.45, 7) is 6.99. The van der Waals surface area contributed by atoms with E-state index >= 15 is 0 Å². The Kier molecular flexibility index (Phi) is 24.5. The van der Waals surface area contributed by atoms with Gasteiger partial charge in [0.25, 0.3) is 14.3 Å². The van der Waals surface area contributed by atoms with E-state index in [4.69, 9.17) is 9.53 Å². The Bertz CT molecular complexity index is 373. The predicted octanol–water partition coefficient (Wildman–Crippen LogP) is 9.72. The van der Waals surface area contributed by atoms with Crippen LogP contribution in [0.1, 0.15) is 156 Å². The van der Waals surface area contributed by atoms with Crippen LogP contribution in [0.25, 0.3) is 0 Å². The standard InChI is InChI=1S/C29H60O3Si/c1-4-7-10-13-16-21-26-33(27-22-17-14-11-8-5-2,28-23-18-15-12-9-6-3)32-29(31)24-19-20-25-30/h30H,4-28H2,1-3H3. The summed E-state index contributed by atoms with van der Waals surface area (Å²) in [4.78, 5) is 12.8. The Labute approximate surface area is 209 Å². The Hall–Kier alpha value is -0.353. The molecule has 0 bridgehead atoms. The predicted molar refractivity (Wildman–Crippen MR) is 147 cm³/mol. The number of aliphatic hydroxyl groups excluding tert-OH is 1. The second-order valence-electron chi connectivity index (χ2n) is 10.4. The van der Waals surface area contributed by atoms with Crippen molar-refractivity contribution in [2.45, 2.75) is 174 Å². The molecule has 0 rings (SSSR count). The van der Waals surface area contributed by atoms with Crippen molar-refractivity contribution in [3.05, 3.63) is 0 Å². The molecule has 0 aromatic heterocycles. The third kappa shape index (κ3) is 20.7. The molecule has 0 aliphatic heterocycles. The van der Waals surface area contributed by atoms with Gasteiger partial charge in [0.15, 0.2) is 0 Å². The molecule has 1 N–H and O–H groups in total. The SMILES string of the molecule is CCCCCCCC[Si](CCCCCCCC)(CCCCCCCC)OC(=O)CCCCO. The minimum Gasteiger partial charge on any atom is -0.519 e. The van der Waals surface area contributed by atoms with Crippen LogP contribution in [0.15, 0.2) is 0 Å². The number of carbonyl (C=O) groups is 1. The lowest BCUT2D eigenvalue weighted by Crippen LogP contribution is -2.40. The quantitative estimate of drug-likeness (QED) is 0.0981. The second kappa shape index (κ2) is 24.8. The van der Waals surface area contributed by atoms with Crippen LogP contribution in [0.2, 0.25) is 18.1 Å². The smallest absolute Gasteiger partial charge is 0.292 e. The van der Waals surface area contributed by atoms with Crippen LogP contribution in [-0.2, 0) is 9.22 Å². The molecule has 0 saturated heterocycles. The molecule has 33 heavy (non-hydrogen) atoms. The molecule has 0 aliphatic carbocycles. The fraction of sp³-hybridized carbons (Fsp3) is 0.966. The van der Waals surface area contributed by atoms with Crippen LogP contribution in [0.3, 0.4) is 0 Å². The zero-order valence-electron chi connectivity index (χ0n) is 22.9. The van der Waals surface area contributed by atoms with Gasteiger partial charge in [-0.1, -0.05) is 136 Å². The third-order valence-corrected chi connectivity index (χ3v) is 11.5. The molecule has 0 atom stereocenters. The molecule has 0 heterocycles. The fourth-order valence-corrected chi connectivity index (χ4v) is 9.21. The number of unbranched alkanes of at least 4 members (excludes halogenated alkanes) is 16. The first-order chi connectivity index (χ1) is 16.1. The molecule has 0 saturated carbocycles. The molecule has 0 amide bonds. The highest BCUT2D eigenvalue weighted by Gasteiger charge is 2.36. The average molecular weight is 485 g/mol. The minimum atomic E-state index is -2.04. The highest BCUT2D eigenvalue weighted by atomic mass is 28.4. The van der Waals surface area contributed by atoms with Crippen molar-refractivity contribution in [3.8, 4) is 0 Å². The lowest BCUT2D eigenvalue weighted by Gasteiger charge is -2.32. The molecular formula is C29H60O3Si. The van der Waals surface area contributed by atoms with Crippen molar-refractivity contribution < 1.29 is 14.3 Å². The van der Waals surface area contributed by atoms with Crippen molar-refractivity contribution in [3.63, 3.8) is 0 Å². The fourth-order valence-electron chi connectivity index (χ4n) is 4.88. The van der Waals surface area contributed by atoms with Gasteiger partial charge in [0, 0.05) is 13.0 Å². The molecule has 0 aromatic rings. The van der Waals surface area contributed by atoms with E-state index in [1.54, 1.807) is 0 Å². The molecule has 0 unspecified atom stereocenters. The van der Waals surface area contributed by atoms with Gasteiger partial charge < -0.3 is 9.53 Å². The number of carbonyl (C=O) groups excluding carboxylic acids is 1. The van der Waals surface area contributed by atoms with E-state index in [1.165, 1.54) is 134 Å². The lowest BCUT2D eigenvalue weighted by molar-refractivity contribution is -0.135.